The second-order valence-electron chi connectivity index (χ2n) is 3.38. The molecule has 0 unspecified atom stereocenters. The molecule has 0 amide bonds. The van der Waals surface area contributed by atoms with Gasteiger partial charge in [0.05, 0.1) is 5.52 Å². The number of aldehydes is 1. The Morgan fingerprint density at radius 2 is 1.88 bits per heavy atom. The zero-order valence-electron chi connectivity index (χ0n) is 8.03. The van der Waals surface area contributed by atoms with Gasteiger partial charge in [0.1, 0.15) is 5.69 Å². The van der Waals surface area contributed by atoms with E-state index in [-0.39, 0.29) is 5.69 Å². The van der Waals surface area contributed by atoms with Gasteiger partial charge in [-0.2, -0.15) is 0 Å². The monoisotopic (exact) mass is 224 g/mol. The second-order valence-corrected chi connectivity index (χ2v) is 3.38. The number of aromatic nitrogens is 1. The number of carbonyl (C=O) groups excluding carboxylic acids is 1. The van der Waals surface area contributed by atoms with E-state index in [1.807, 2.05) is 0 Å². The van der Waals surface area contributed by atoms with E-state index in [4.69, 9.17) is 0 Å². The lowest BCUT2D eigenvalue weighted by Crippen LogP contribution is -2.33. The van der Waals surface area contributed by atoms with Gasteiger partial charge in [-0.05, 0) is 17.5 Å². The zero-order chi connectivity index (χ0) is 11.8. The third-order valence-corrected chi connectivity index (χ3v) is 2.23. The Labute approximate surface area is 89.2 Å². The molecule has 2 nitrogen and oxygen atoms in total. The molecule has 0 N–H and O–H groups in total. The average Bonchev–Trinajstić information content (AvgIpc) is 2.26. The summed E-state index contributed by atoms with van der Waals surface area (Å²) in [6, 6.07) is 6.13. The van der Waals surface area contributed by atoms with Crippen molar-refractivity contribution in [2.75, 3.05) is 0 Å². The van der Waals surface area contributed by atoms with Crippen LogP contribution in [0.4, 0.5) is 12.9 Å². The number of pyridine rings is 1. The topological polar surface area (TPSA) is 30.0 Å². The van der Waals surface area contributed by atoms with E-state index in [0.29, 0.717) is 17.2 Å². The van der Waals surface area contributed by atoms with Crippen molar-refractivity contribution < 1.29 is 17.7 Å². The third-order valence-electron chi connectivity index (χ3n) is 2.23. The molecule has 2 aromatic rings. The predicted octanol–water partition coefficient (Wildman–Crippen LogP) is 2.10. The molecule has 82 valence electrons. The van der Waals surface area contributed by atoms with E-state index in [9.17, 15) is 17.7 Å². The molecule has 0 fully saturated rings. The summed E-state index contributed by atoms with van der Waals surface area (Å²) in [6.07, 6.45) is 0.557. The van der Waals surface area contributed by atoms with E-state index in [2.05, 4.69) is 4.98 Å². The highest BCUT2D eigenvalue weighted by Crippen LogP contribution is 2.15. The maximum Gasteiger partial charge on any atom is 0.509 e. The molecule has 1 heterocycles. The number of halogens is 3. The maximum absolute atomic E-state index is 12.4. The predicted molar refractivity (Wildman–Crippen MR) is 55.8 cm³/mol. The van der Waals surface area contributed by atoms with Gasteiger partial charge in [0.2, 0.25) is 0 Å². The lowest BCUT2D eigenvalue weighted by molar-refractivity contribution is 0.111. The first kappa shape index (κ1) is 10.7. The first-order chi connectivity index (χ1) is 7.50. The van der Waals surface area contributed by atoms with Gasteiger partial charge < -0.3 is 12.9 Å². The van der Waals surface area contributed by atoms with Gasteiger partial charge in [0.25, 0.3) is 0 Å². The van der Waals surface area contributed by atoms with Crippen molar-refractivity contribution in [1.29, 1.82) is 0 Å². The van der Waals surface area contributed by atoms with Crippen molar-refractivity contribution in [2.45, 2.75) is 0 Å². The number of hydrogen-bond donors (Lipinski definition) is 0. The molecular weight excluding hydrogens is 218 g/mol. The largest absolute Gasteiger partial charge is 0.509 e. The van der Waals surface area contributed by atoms with Crippen LogP contribution in [0.1, 0.15) is 10.5 Å². The number of nitrogens with zero attached hydrogens (tertiary/aromatic N) is 1. The molecule has 16 heavy (non-hydrogen) atoms. The van der Waals surface area contributed by atoms with Gasteiger partial charge >= 0.3 is 6.98 Å². The molecule has 0 radical (unpaired) electrons. The highest BCUT2D eigenvalue weighted by Gasteiger charge is 2.25. The lowest BCUT2D eigenvalue weighted by Gasteiger charge is -2.14. The molecule has 0 aliphatic carbocycles. The summed E-state index contributed by atoms with van der Waals surface area (Å²) in [5.41, 5.74) is -0.0701. The van der Waals surface area contributed by atoms with Gasteiger partial charge in [-0.15, -0.1) is 5.46 Å². The average molecular weight is 224 g/mol. The third kappa shape index (κ3) is 1.91. The fourth-order valence-corrected chi connectivity index (χ4v) is 1.43. The summed E-state index contributed by atoms with van der Waals surface area (Å²) in [4.78, 5) is 14.3. The van der Waals surface area contributed by atoms with E-state index < -0.39 is 12.4 Å². The van der Waals surface area contributed by atoms with E-state index >= 15 is 0 Å². The Balaban J connectivity index is 2.60. The molecule has 0 bridgehead atoms. The van der Waals surface area contributed by atoms with Crippen molar-refractivity contribution in [3.8, 4) is 0 Å². The van der Waals surface area contributed by atoms with Crippen molar-refractivity contribution in [3.05, 3.63) is 36.0 Å². The van der Waals surface area contributed by atoms with E-state index in [1.54, 1.807) is 0 Å². The van der Waals surface area contributed by atoms with Crippen LogP contribution in [0.5, 0.6) is 0 Å². The first-order valence-corrected chi connectivity index (χ1v) is 4.56. The van der Waals surface area contributed by atoms with Gasteiger partial charge in [-0.1, -0.05) is 18.2 Å². The Morgan fingerprint density at radius 3 is 2.50 bits per heavy atom. The van der Waals surface area contributed by atoms with Gasteiger partial charge in [0.15, 0.2) is 6.29 Å². The molecule has 0 aliphatic rings. The smallest absolute Gasteiger partial charge is 0.445 e. The minimum atomic E-state index is -5.00. The standard InChI is InChI=1S/C10H6BF3NO/c12-11(13,14)8-2-4-10-7(5-8)1-3-9(6-16)15-10/h1-6H/q-1. The Kier molecular flexibility index (Phi) is 2.42. The quantitative estimate of drug-likeness (QED) is 0.577. The van der Waals surface area contributed by atoms with E-state index in [1.165, 1.54) is 18.2 Å². The maximum atomic E-state index is 12.4. The van der Waals surface area contributed by atoms with Crippen LogP contribution in [0.25, 0.3) is 10.9 Å². The van der Waals surface area contributed by atoms with Gasteiger partial charge in [-0.3, -0.25) is 4.79 Å². The summed E-state index contributed by atoms with van der Waals surface area (Å²) < 4.78 is 37.3. The van der Waals surface area contributed by atoms with Crippen LogP contribution < -0.4 is 5.46 Å². The Hall–Kier alpha value is -1.85. The summed E-state index contributed by atoms with van der Waals surface area (Å²) in [5, 5.41) is 0.377. The molecule has 0 atom stereocenters. The van der Waals surface area contributed by atoms with Crippen LogP contribution in [0.15, 0.2) is 30.3 Å². The first-order valence-electron chi connectivity index (χ1n) is 4.56. The molecule has 0 aliphatic heterocycles. The normalized spacial score (nSPS) is 11.7. The summed E-state index contributed by atoms with van der Waals surface area (Å²) >= 11 is 0. The van der Waals surface area contributed by atoms with Crippen LogP contribution in [-0.2, 0) is 0 Å². The van der Waals surface area contributed by atoms with E-state index in [0.717, 1.165) is 12.1 Å². The molecule has 0 saturated heterocycles. The van der Waals surface area contributed by atoms with Crippen molar-refractivity contribution in [2.24, 2.45) is 0 Å². The van der Waals surface area contributed by atoms with Crippen molar-refractivity contribution >= 4 is 29.6 Å². The fourth-order valence-electron chi connectivity index (χ4n) is 1.43. The fraction of sp³-hybridized carbons (Fsp3) is 0. The molecule has 2 rings (SSSR count). The summed E-state index contributed by atoms with van der Waals surface area (Å²) in [5.74, 6) is 0. The highest BCUT2D eigenvalue weighted by atomic mass is 19.4. The Morgan fingerprint density at radius 1 is 1.12 bits per heavy atom. The van der Waals surface area contributed by atoms with Crippen LogP contribution in [0, 0.1) is 0 Å². The number of carbonyl (C=O) groups is 1. The number of hydrogen-bond acceptors (Lipinski definition) is 2. The minimum absolute atomic E-state index is 0.206. The molecule has 1 aromatic heterocycles. The van der Waals surface area contributed by atoms with Crippen molar-refractivity contribution in [1.82, 2.24) is 4.98 Å². The van der Waals surface area contributed by atoms with Gasteiger partial charge in [0, 0.05) is 0 Å². The van der Waals surface area contributed by atoms with Crippen LogP contribution in [0.2, 0.25) is 0 Å². The lowest BCUT2D eigenvalue weighted by atomic mass is 9.79. The molecular formula is C10H6BF3NO-. The molecule has 1 aromatic carbocycles. The second kappa shape index (κ2) is 3.62. The van der Waals surface area contributed by atoms with Crippen LogP contribution in [0.3, 0.4) is 0 Å². The van der Waals surface area contributed by atoms with Crippen molar-refractivity contribution in [3.63, 3.8) is 0 Å². The van der Waals surface area contributed by atoms with Crippen LogP contribution >= 0.6 is 0 Å². The number of fused-ring (bicyclic) bond motifs is 1. The highest BCUT2D eigenvalue weighted by molar-refractivity contribution is 6.73. The number of benzene rings is 1. The SMILES string of the molecule is O=Cc1ccc2cc([B-](F)(F)F)ccc2n1. The Bertz CT molecular complexity index is 553. The number of rotatable bonds is 2. The summed E-state index contributed by atoms with van der Waals surface area (Å²) in [6.45, 7) is -5.00. The molecule has 6 heteroatoms. The minimum Gasteiger partial charge on any atom is -0.445 e. The summed E-state index contributed by atoms with van der Waals surface area (Å²) in [7, 11) is 0. The molecule has 0 spiro atoms. The molecule has 0 saturated carbocycles. The van der Waals surface area contributed by atoms with Crippen LogP contribution in [-0.4, -0.2) is 18.2 Å². The zero-order valence-corrected chi connectivity index (χ0v) is 8.03. The van der Waals surface area contributed by atoms with Gasteiger partial charge in [-0.25, -0.2) is 4.98 Å².